The molecule has 0 aliphatic rings. The highest BCUT2D eigenvalue weighted by molar-refractivity contribution is 5.94. The molecule has 0 aliphatic carbocycles. The van der Waals surface area contributed by atoms with Crippen molar-refractivity contribution >= 4 is 11.7 Å². The number of hydrogen-bond donors (Lipinski definition) is 2. The Morgan fingerprint density at radius 1 is 1.19 bits per heavy atom. The third kappa shape index (κ3) is 3.96. The van der Waals surface area contributed by atoms with Gasteiger partial charge < -0.3 is 15.2 Å². The lowest BCUT2D eigenvalue weighted by molar-refractivity contribution is -0.187. The second-order valence-electron chi connectivity index (χ2n) is 4.06. The van der Waals surface area contributed by atoms with Crippen LogP contribution < -0.4 is 10.1 Å². The Kier molecular flexibility index (Phi) is 4.44. The molecular weight excluding hydrogens is 282 g/mol. The molecule has 2 rings (SSSR count). The monoisotopic (exact) mass is 294 g/mol. The third-order valence-electron chi connectivity index (χ3n) is 2.46. The summed E-state index contributed by atoms with van der Waals surface area (Å²) >= 11 is 0. The molecule has 0 aliphatic heterocycles. The van der Waals surface area contributed by atoms with Crippen LogP contribution in [0.5, 0.6) is 5.75 Å². The van der Waals surface area contributed by atoms with Crippen molar-refractivity contribution in [3.63, 3.8) is 0 Å². The Morgan fingerprint density at radius 2 is 1.90 bits per heavy atom. The largest absolute Gasteiger partial charge is 0.482 e. The van der Waals surface area contributed by atoms with E-state index in [4.69, 9.17) is 5.11 Å². The fraction of sp³-hybridized carbons (Fsp3) is 0.143. The summed E-state index contributed by atoms with van der Waals surface area (Å²) in [5.41, 5.74) is 0.250. The maximum absolute atomic E-state index is 13.7. The van der Waals surface area contributed by atoms with Gasteiger partial charge in [-0.05, 0) is 24.3 Å². The van der Waals surface area contributed by atoms with Gasteiger partial charge in [-0.15, -0.1) is 0 Å². The van der Waals surface area contributed by atoms with E-state index in [2.05, 4.69) is 9.72 Å². The highest BCUT2D eigenvalue weighted by atomic mass is 19.3. The fourth-order valence-corrected chi connectivity index (χ4v) is 1.51. The van der Waals surface area contributed by atoms with E-state index in [-0.39, 0.29) is 23.9 Å². The number of para-hydroxylation sites is 1. The number of aliphatic hydroxyl groups excluding tert-OH is 1. The van der Waals surface area contributed by atoms with E-state index >= 15 is 0 Å². The molecule has 0 saturated heterocycles. The first-order valence-electron chi connectivity index (χ1n) is 6.01. The Morgan fingerprint density at radius 3 is 2.57 bits per heavy atom. The molecule has 0 saturated carbocycles. The van der Waals surface area contributed by atoms with Crippen molar-refractivity contribution in [1.82, 2.24) is 4.98 Å². The average Bonchev–Trinajstić information content (AvgIpc) is 2.48. The molecule has 0 radical (unpaired) electrons. The second-order valence-corrected chi connectivity index (χ2v) is 4.06. The number of carbonyl (C=O) groups is 1. The molecule has 1 amide bonds. The summed E-state index contributed by atoms with van der Waals surface area (Å²) in [6.45, 7) is -0.360. The van der Waals surface area contributed by atoms with Gasteiger partial charge in [0.25, 0.3) is 0 Å². The normalized spacial score (nSPS) is 11.0. The molecule has 0 unspecified atom stereocenters. The second kappa shape index (κ2) is 6.27. The van der Waals surface area contributed by atoms with Crippen molar-refractivity contribution < 1.29 is 23.4 Å². The van der Waals surface area contributed by atoms with E-state index < -0.39 is 12.0 Å². The topological polar surface area (TPSA) is 71.5 Å². The predicted molar refractivity (Wildman–Crippen MR) is 70.8 cm³/mol. The molecule has 2 aromatic rings. The molecule has 110 valence electrons. The molecule has 5 nitrogen and oxygen atoms in total. The van der Waals surface area contributed by atoms with Crippen LogP contribution in [-0.2, 0) is 11.4 Å². The lowest BCUT2D eigenvalue weighted by Gasteiger charge is -2.17. The quantitative estimate of drug-likeness (QED) is 0.886. The van der Waals surface area contributed by atoms with Gasteiger partial charge in [-0.3, -0.25) is 4.79 Å². The van der Waals surface area contributed by atoms with Crippen molar-refractivity contribution in [2.24, 2.45) is 0 Å². The van der Waals surface area contributed by atoms with Crippen LogP contribution >= 0.6 is 0 Å². The van der Waals surface area contributed by atoms with Crippen molar-refractivity contribution in [3.05, 3.63) is 54.2 Å². The van der Waals surface area contributed by atoms with Crippen molar-refractivity contribution in [2.45, 2.75) is 12.7 Å². The number of benzene rings is 1. The standard InChI is InChI=1S/C14H12F2N2O3/c15-14(16,21-11-6-2-1-3-7-11)13(20)18-12-8-4-5-10(9-19)17-12/h1-8,19H,9H2,(H,17,18,20). The predicted octanol–water partition coefficient (Wildman–Crippen LogP) is 2.18. The number of pyridine rings is 1. The molecule has 1 heterocycles. The SMILES string of the molecule is O=C(Nc1cccc(CO)n1)C(F)(F)Oc1ccccc1. The smallest absolute Gasteiger partial charge is 0.425 e. The summed E-state index contributed by atoms with van der Waals surface area (Å²) in [5, 5.41) is 10.8. The lowest BCUT2D eigenvalue weighted by atomic mass is 10.3. The minimum Gasteiger partial charge on any atom is -0.425 e. The summed E-state index contributed by atoms with van der Waals surface area (Å²) in [6, 6.07) is 11.6. The number of hydrogen-bond acceptors (Lipinski definition) is 4. The van der Waals surface area contributed by atoms with Gasteiger partial charge in [-0.25, -0.2) is 4.98 Å². The first kappa shape index (κ1) is 14.9. The molecular formula is C14H12F2N2O3. The van der Waals surface area contributed by atoms with Gasteiger partial charge in [-0.2, -0.15) is 8.78 Å². The maximum Gasteiger partial charge on any atom is 0.482 e. The molecule has 7 heteroatoms. The van der Waals surface area contributed by atoms with E-state index in [1.54, 1.807) is 6.07 Å². The number of aliphatic hydroxyl groups is 1. The Labute approximate surface area is 119 Å². The summed E-state index contributed by atoms with van der Waals surface area (Å²) in [5.74, 6) is -1.87. The van der Waals surface area contributed by atoms with E-state index in [1.807, 2.05) is 5.32 Å². The summed E-state index contributed by atoms with van der Waals surface area (Å²) in [4.78, 5) is 15.3. The van der Waals surface area contributed by atoms with Crippen LogP contribution in [0, 0.1) is 0 Å². The molecule has 0 atom stereocenters. The van der Waals surface area contributed by atoms with Crippen LogP contribution in [0.25, 0.3) is 0 Å². The number of alkyl halides is 2. The molecule has 21 heavy (non-hydrogen) atoms. The van der Waals surface area contributed by atoms with E-state index in [0.717, 1.165) is 0 Å². The van der Waals surface area contributed by atoms with Gasteiger partial charge in [0, 0.05) is 0 Å². The molecule has 2 N–H and O–H groups in total. The molecule has 0 spiro atoms. The molecule has 1 aromatic heterocycles. The number of nitrogens with one attached hydrogen (secondary N) is 1. The number of aromatic nitrogens is 1. The first-order valence-corrected chi connectivity index (χ1v) is 6.01. The van der Waals surface area contributed by atoms with E-state index in [1.165, 1.54) is 42.5 Å². The average molecular weight is 294 g/mol. The van der Waals surface area contributed by atoms with Crippen molar-refractivity contribution in [2.75, 3.05) is 5.32 Å². The van der Waals surface area contributed by atoms with E-state index in [9.17, 15) is 13.6 Å². The number of ether oxygens (including phenoxy) is 1. The van der Waals surface area contributed by atoms with Gasteiger partial charge in [0.15, 0.2) is 0 Å². The maximum atomic E-state index is 13.7. The highest BCUT2D eigenvalue weighted by Crippen LogP contribution is 2.22. The number of nitrogens with zero attached hydrogens (tertiary/aromatic N) is 1. The number of amides is 1. The van der Waals surface area contributed by atoms with Crippen LogP contribution in [0.3, 0.4) is 0 Å². The Balaban J connectivity index is 2.07. The minimum absolute atomic E-state index is 0.0945. The minimum atomic E-state index is -4.04. The van der Waals surface area contributed by atoms with Crippen LogP contribution in [0.1, 0.15) is 5.69 Å². The Bertz CT molecular complexity index is 621. The summed E-state index contributed by atoms with van der Waals surface area (Å²) in [7, 11) is 0. The molecule has 0 fully saturated rings. The fourth-order valence-electron chi connectivity index (χ4n) is 1.51. The van der Waals surface area contributed by atoms with Crippen molar-refractivity contribution in [3.8, 4) is 5.75 Å². The van der Waals surface area contributed by atoms with Gasteiger partial charge in [0.05, 0.1) is 12.3 Å². The number of halogens is 2. The molecule has 0 bridgehead atoms. The van der Waals surface area contributed by atoms with Gasteiger partial charge in [-0.1, -0.05) is 24.3 Å². The zero-order valence-electron chi connectivity index (χ0n) is 10.8. The third-order valence-corrected chi connectivity index (χ3v) is 2.46. The Hall–Kier alpha value is -2.54. The zero-order valence-corrected chi connectivity index (χ0v) is 10.8. The van der Waals surface area contributed by atoms with Gasteiger partial charge in [0.1, 0.15) is 11.6 Å². The lowest BCUT2D eigenvalue weighted by Crippen LogP contribution is -2.40. The number of carbonyl (C=O) groups excluding carboxylic acids is 1. The first-order chi connectivity index (χ1) is 10.0. The number of anilines is 1. The van der Waals surface area contributed by atoms with Crippen LogP contribution in [0.4, 0.5) is 14.6 Å². The van der Waals surface area contributed by atoms with Gasteiger partial charge >= 0.3 is 12.0 Å². The van der Waals surface area contributed by atoms with Crippen LogP contribution in [-0.4, -0.2) is 22.1 Å². The summed E-state index contributed by atoms with van der Waals surface area (Å²) < 4.78 is 31.7. The van der Waals surface area contributed by atoms with Gasteiger partial charge in [0.2, 0.25) is 0 Å². The van der Waals surface area contributed by atoms with E-state index in [0.29, 0.717) is 0 Å². The molecule has 1 aromatic carbocycles. The van der Waals surface area contributed by atoms with Crippen LogP contribution in [0.15, 0.2) is 48.5 Å². The van der Waals surface area contributed by atoms with Crippen molar-refractivity contribution in [1.29, 1.82) is 0 Å². The summed E-state index contributed by atoms with van der Waals surface area (Å²) in [6.07, 6.45) is -4.04. The number of rotatable bonds is 5. The highest BCUT2D eigenvalue weighted by Gasteiger charge is 2.42. The van der Waals surface area contributed by atoms with Crippen LogP contribution in [0.2, 0.25) is 0 Å². The zero-order chi connectivity index (χ0) is 15.3.